The van der Waals surface area contributed by atoms with Crippen LogP contribution < -0.4 is 0 Å². The summed E-state index contributed by atoms with van der Waals surface area (Å²) in [5.41, 5.74) is 2.89. The zero-order valence-electron chi connectivity index (χ0n) is 18.3. The van der Waals surface area contributed by atoms with Crippen molar-refractivity contribution in [3.05, 3.63) is 69.7 Å². The van der Waals surface area contributed by atoms with Crippen molar-refractivity contribution in [2.24, 2.45) is 0 Å². The molecule has 0 saturated heterocycles. The minimum Gasteiger partial charge on any atom is -0.477 e. The van der Waals surface area contributed by atoms with E-state index in [9.17, 15) is 14.7 Å². The number of para-hydroxylation sites is 1. The van der Waals surface area contributed by atoms with Gasteiger partial charge in [0.2, 0.25) is 5.89 Å². The number of carbonyl (C=O) groups excluding carboxylic acids is 1. The summed E-state index contributed by atoms with van der Waals surface area (Å²) in [6, 6.07) is 14.4. The summed E-state index contributed by atoms with van der Waals surface area (Å²) in [5, 5.41) is 19.3. The lowest BCUT2D eigenvalue weighted by Gasteiger charge is -2.07. The van der Waals surface area contributed by atoms with E-state index in [0.717, 1.165) is 28.4 Å². The average Bonchev–Trinajstić information content (AvgIpc) is 3.38. The molecule has 0 unspecified atom stereocenters. The van der Waals surface area contributed by atoms with E-state index in [1.165, 1.54) is 0 Å². The highest BCUT2D eigenvalue weighted by molar-refractivity contribution is 8.03. The van der Waals surface area contributed by atoms with E-state index in [0.29, 0.717) is 16.1 Å². The Bertz CT molecular complexity index is 1390. The van der Waals surface area contributed by atoms with Gasteiger partial charge in [0.15, 0.2) is 0 Å². The molecule has 2 heterocycles. The van der Waals surface area contributed by atoms with Crippen molar-refractivity contribution in [3.63, 3.8) is 0 Å². The van der Waals surface area contributed by atoms with Crippen LogP contribution in [0.2, 0.25) is 5.02 Å². The Balaban J connectivity index is 1.69. The van der Waals surface area contributed by atoms with E-state index in [1.807, 2.05) is 35.8 Å². The predicted molar refractivity (Wildman–Crippen MR) is 130 cm³/mol. The molecule has 0 spiro atoms. The van der Waals surface area contributed by atoms with Crippen LogP contribution in [0.5, 0.6) is 0 Å². The molecule has 2 aromatic heterocycles. The van der Waals surface area contributed by atoms with Crippen LogP contribution in [-0.2, 0) is 20.9 Å². The number of ether oxygens (including phenoxy) is 1. The molecule has 4 rings (SSSR count). The van der Waals surface area contributed by atoms with Crippen LogP contribution in [0.1, 0.15) is 18.2 Å². The Morgan fingerprint density at radius 1 is 1.18 bits per heavy atom. The second-order valence-electron chi connectivity index (χ2n) is 7.20. The van der Waals surface area contributed by atoms with Gasteiger partial charge in [-0.2, -0.15) is 0 Å². The van der Waals surface area contributed by atoms with Crippen LogP contribution in [0.15, 0.2) is 63.1 Å². The van der Waals surface area contributed by atoms with Crippen LogP contribution in [0.3, 0.4) is 0 Å². The van der Waals surface area contributed by atoms with Crippen LogP contribution in [0.25, 0.3) is 28.4 Å². The summed E-state index contributed by atoms with van der Waals surface area (Å²) in [4.78, 5) is 24.2. The number of aliphatic carboxylic acids is 1. The van der Waals surface area contributed by atoms with Gasteiger partial charge in [0.1, 0.15) is 11.4 Å². The van der Waals surface area contributed by atoms with Crippen LogP contribution in [-0.4, -0.2) is 38.4 Å². The number of carbonyl (C=O) groups is 2. The molecule has 1 N–H and O–H groups in total. The zero-order chi connectivity index (χ0) is 24.2. The zero-order valence-corrected chi connectivity index (χ0v) is 19.9. The fraction of sp³-hybridized carbons (Fsp3) is 0.167. The number of hydrogen-bond donors (Lipinski definition) is 1. The number of hydrogen-bond acceptors (Lipinski definition) is 7. The molecule has 0 aliphatic heterocycles. The molecule has 174 valence electrons. The highest BCUT2D eigenvalue weighted by Gasteiger charge is 2.20. The Morgan fingerprint density at radius 2 is 1.91 bits per heavy atom. The molecule has 0 atom stereocenters. The Hall–Kier alpha value is -3.56. The molecule has 34 heavy (non-hydrogen) atoms. The largest absolute Gasteiger partial charge is 0.477 e. The van der Waals surface area contributed by atoms with Gasteiger partial charge in [-0.05, 0) is 62.0 Å². The molecule has 0 bridgehead atoms. The minimum absolute atomic E-state index is 0.00607. The summed E-state index contributed by atoms with van der Waals surface area (Å²) in [5.74, 6) is -1.25. The maximum absolute atomic E-state index is 12.1. The number of carboxylic acid groups (broad SMARTS) is 1. The average molecular weight is 498 g/mol. The van der Waals surface area contributed by atoms with Crippen molar-refractivity contribution in [3.8, 4) is 11.5 Å². The third kappa shape index (κ3) is 5.00. The van der Waals surface area contributed by atoms with E-state index in [2.05, 4.69) is 10.2 Å². The molecule has 0 radical (unpaired) electrons. The maximum Gasteiger partial charge on any atom is 0.342 e. The second-order valence-corrected chi connectivity index (χ2v) is 8.63. The lowest BCUT2D eigenvalue weighted by molar-refractivity contribution is -0.143. The summed E-state index contributed by atoms with van der Waals surface area (Å²) >= 11 is 6.77. The number of thioether (sulfide) groups is 1. The van der Waals surface area contributed by atoms with Gasteiger partial charge in [0.05, 0.1) is 6.61 Å². The van der Waals surface area contributed by atoms with E-state index in [-0.39, 0.29) is 35.1 Å². The van der Waals surface area contributed by atoms with Gasteiger partial charge in [-0.25, -0.2) is 4.79 Å². The van der Waals surface area contributed by atoms with Crippen LogP contribution in [0.4, 0.5) is 0 Å². The molecular weight excluding hydrogens is 478 g/mol. The molecular formula is C24H20ClN3O5S. The predicted octanol–water partition coefficient (Wildman–Crippen LogP) is 5.43. The monoisotopic (exact) mass is 497 g/mol. The highest BCUT2D eigenvalue weighted by Crippen LogP contribution is 2.34. The van der Waals surface area contributed by atoms with Crippen molar-refractivity contribution in [2.45, 2.75) is 25.6 Å². The Morgan fingerprint density at radius 3 is 2.62 bits per heavy atom. The number of aromatic nitrogens is 3. The molecule has 0 fully saturated rings. The van der Waals surface area contributed by atoms with Gasteiger partial charge in [-0.1, -0.05) is 29.8 Å². The fourth-order valence-electron chi connectivity index (χ4n) is 3.50. The first-order valence-electron chi connectivity index (χ1n) is 10.3. The number of nitrogens with zero attached hydrogens (tertiary/aromatic N) is 3. The van der Waals surface area contributed by atoms with Crippen LogP contribution >= 0.6 is 23.4 Å². The van der Waals surface area contributed by atoms with E-state index in [1.54, 1.807) is 37.3 Å². The number of rotatable bonds is 8. The van der Waals surface area contributed by atoms with Crippen molar-refractivity contribution >= 4 is 52.3 Å². The van der Waals surface area contributed by atoms with Gasteiger partial charge in [0, 0.05) is 32.7 Å². The molecule has 0 amide bonds. The van der Waals surface area contributed by atoms with Gasteiger partial charge in [0.25, 0.3) is 5.22 Å². The summed E-state index contributed by atoms with van der Waals surface area (Å²) < 4.78 is 12.6. The van der Waals surface area contributed by atoms with Crippen molar-refractivity contribution in [1.82, 2.24) is 14.8 Å². The van der Waals surface area contributed by atoms with Crippen molar-refractivity contribution in [2.75, 3.05) is 6.61 Å². The fourth-order valence-corrected chi connectivity index (χ4v) is 4.28. The summed E-state index contributed by atoms with van der Waals surface area (Å²) in [6.45, 7) is 3.89. The lowest BCUT2D eigenvalue weighted by atomic mass is 10.1. The van der Waals surface area contributed by atoms with Gasteiger partial charge >= 0.3 is 11.9 Å². The number of benzene rings is 2. The number of carboxylic acids is 1. The van der Waals surface area contributed by atoms with Crippen molar-refractivity contribution in [1.29, 1.82) is 0 Å². The summed E-state index contributed by atoms with van der Waals surface area (Å²) in [6.07, 6.45) is 1.55. The van der Waals surface area contributed by atoms with Gasteiger partial charge in [-0.15, -0.1) is 10.2 Å². The first-order valence-corrected chi connectivity index (χ1v) is 11.5. The smallest absolute Gasteiger partial charge is 0.342 e. The topological polar surface area (TPSA) is 107 Å². The molecule has 0 saturated carbocycles. The second kappa shape index (κ2) is 10.1. The van der Waals surface area contributed by atoms with E-state index < -0.39 is 5.97 Å². The molecule has 0 aliphatic carbocycles. The summed E-state index contributed by atoms with van der Waals surface area (Å²) in [7, 11) is 0. The SMILES string of the molecule is CCOC(=O)Cn1c(C)c(/C=C(\Sc2nnc(-c3ccc(Cl)cc3)o2)C(=O)O)c2ccccc21. The van der Waals surface area contributed by atoms with Gasteiger partial charge in [-0.3, -0.25) is 4.79 Å². The number of halogens is 1. The Labute approximate surface area is 204 Å². The molecule has 2 aromatic carbocycles. The number of fused-ring (bicyclic) bond motifs is 1. The lowest BCUT2D eigenvalue weighted by Crippen LogP contribution is -2.14. The van der Waals surface area contributed by atoms with Gasteiger partial charge < -0.3 is 18.8 Å². The minimum atomic E-state index is -1.14. The van der Waals surface area contributed by atoms with E-state index in [4.69, 9.17) is 20.8 Å². The molecule has 8 nitrogen and oxygen atoms in total. The first kappa shape index (κ1) is 23.6. The van der Waals surface area contributed by atoms with Crippen molar-refractivity contribution < 1.29 is 23.8 Å². The molecule has 4 aromatic rings. The Kier molecular flexibility index (Phi) is 7.04. The van der Waals surface area contributed by atoms with E-state index >= 15 is 0 Å². The molecule has 10 heteroatoms. The standard InChI is InChI=1S/C24H20ClN3O5S/c1-3-32-21(29)13-28-14(2)18(17-6-4-5-7-19(17)28)12-20(23(30)31)34-24-27-26-22(33-24)15-8-10-16(25)11-9-15/h4-12H,3,13H2,1-2H3,(H,30,31)/b20-12-. The maximum atomic E-state index is 12.1. The third-order valence-electron chi connectivity index (χ3n) is 5.05. The van der Waals surface area contributed by atoms with Crippen LogP contribution in [0, 0.1) is 6.92 Å². The number of esters is 1. The first-order chi connectivity index (χ1) is 16.4. The quantitative estimate of drug-likeness (QED) is 0.195. The third-order valence-corrected chi connectivity index (χ3v) is 6.16. The normalized spacial score (nSPS) is 11.7. The highest BCUT2D eigenvalue weighted by atomic mass is 35.5. The molecule has 0 aliphatic rings.